The topological polar surface area (TPSA) is 120 Å². The Morgan fingerprint density at radius 3 is 2.07 bits per heavy atom. The van der Waals surface area contributed by atoms with Crippen LogP contribution in [0.3, 0.4) is 0 Å². The second-order valence-corrected chi connectivity index (χ2v) is 10.9. The quantitative estimate of drug-likeness (QED) is 0.132. The van der Waals surface area contributed by atoms with Gasteiger partial charge in [0.25, 0.3) is 5.91 Å². The normalized spacial score (nSPS) is 12.9. The van der Waals surface area contributed by atoms with Crippen molar-refractivity contribution in [1.82, 2.24) is 4.90 Å². The van der Waals surface area contributed by atoms with E-state index in [1.807, 2.05) is 97.9 Å². The number of unbranched alkanes of at least 4 members (excludes halogenated alkanes) is 1. The number of carbonyl (C=O) groups excluding carboxylic acids is 1. The lowest BCUT2D eigenvalue weighted by atomic mass is 10.1. The summed E-state index contributed by atoms with van der Waals surface area (Å²) in [6.07, 6.45) is 4.78. The number of hydrogen-bond acceptors (Lipinski definition) is 8. The molecule has 1 amide bonds. The van der Waals surface area contributed by atoms with Gasteiger partial charge in [-0.05, 0) is 66.6 Å². The van der Waals surface area contributed by atoms with Gasteiger partial charge >= 0.3 is 0 Å². The molecule has 45 heavy (non-hydrogen) atoms. The monoisotopic (exact) mass is 605 g/mol. The zero-order valence-electron chi connectivity index (χ0n) is 24.5. The molecule has 9 heteroatoms. The van der Waals surface area contributed by atoms with Gasteiger partial charge in [-0.15, -0.1) is 10.2 Å². The Morgan fingerprint density at radius 1 is 0.844 bits per heavy atom. The number of thiophene rings is 1. The van der Waals surface area contributed by atoms with Gasteiger partial charge in [0.2, 0.25) is 0 Å². The molecule has 4 aromatic rings. The molecule has 0 atom stereocenters. The predicted octanol–water partition coefficient (Wildman–Crippen LogP) is 9.41. The van der Waals surface area contributed by atoms with Gasteiger partial charge in [0, 0.05) is 17.9 Å². The summed E-state index contributed by atoms with van der Waals surface area (Å²) in [6.45, 7) is 2.30. The number of para-hydroxylation sites is 2. The van der Waals surface area contributed by atoms with E-state index in [9.17, 15) is 20.6 Å². The van der Waals surface area contributed by atoms with Gasteiger partial charge in [0.1, 0.15) is 28.2 Å². The number of nitriles is 3. The molecule has 8 nitrogen and oxygen atoms in total. The molecule has 0 bridgehead atoms. The van der Waals surface area contributed by atoms with Gasteiger partial charge < -0.3 is 9.80 Å². The van der Waals surface area contributed by atoms with Crippen LogP contribution in [0.5, 0.6) is 0 Å². The molecular weight excluding hydrogens is 579 g/mol. The molecule has 1 aliphatic rings. The van der Waals surface area contributed by atoms with Crippen LogP contribution in [-0.4, -0.2) is 17.4 Å². The fourth-order valence-electron chi connectivity index (χ4n) is 4.79. The zero-order valence-corrected chi connectivity index (χ0v) is 25.3. The average Bonchev–Trinajstić information content (AvgIpc) is 3.65. The van der Waals surface area contributed by atoms with E-state index in [2.05, 4.69) is 39.4 Å². The second-order valence-electron chi connectivity index (χ2n) is 9.90. The molecule has 0 saturated carbocycles. The van der Waals surface area contributed by atoms with Gasteiger partial charge in [0.05, 0.1) is 22.5 Å². The van der Waals surface area contributed by atoms with Crippen molar-refractivity contribution in [2.45, 2.75) is 19.8 Å². The van der Waals surface area contributed by atoms with Crippen LogP contribution in [0.25, 0.3) is 6.08 Å². The minimum absolute atomic E-state index is 0.0317. The molecule has 3 aromatic carbocycles. The number of allylic oxidation sites excluding steroid dienone is 2. The summed E-state index contributed by atoms with van der Waals surface area (Å²) >= 11 is 1.53. The third-order valence-corrected chi connectivity index (χ3v) is 7.94. The number of amides is 1. The first-order valence-electron chi connectivity index (χ1n) is 14.3. The lowest BCUT2D eigenvalue weighted by Gasteiger charge is -2.23. The van der Waals surface area contributed by atoms with Crippen molar-refractivity contribution in [2.75, 3.05) is 11.4 Å². The molecule has 0 spiro atoms. The smallest absolute Gasteiger partial charge is 0.259 e. The minimum Gasteiger partial charge on any atom is -0.305 e. The highest BCUT2D eigenvalue weighted by Crippen LogP contribution is 2.41. The first-order chi connectivity index (χ1) is 22.1. The summed E-state index contributed by atoms with van der Waals surface area (Å²) in [5.74, 6) is -0.395. The number of rotatable bonds is 10. The molecule has 0 fully saturated rings. The Bertz CT molecular complexity index is 1880. The van der Waals surface area contributed by atoms with Crippen LogP contribution in [0.4, 0.5) is 27.1 Å². The van der Waals surface area contributed by atoms with E-state index in [-0.39, 0.29) is 22.4 Å². The lowest BCUT2D eigenvalue weighted by Crippen LogP contribution is -2.27. The largest absolute Gasteiger partial charge is 0.305 e. The van der Waals surface area contributed by atoms with E-state index < -0.39 is 5.91 Å². The van der Waals surface area contributed by atoms with E-state index in [0.717, 1.165) is 33.4 Å². The number of anilines is 3. The van der Waals surface area contributed by atoms with Crippen molar-refractivity contribution in [3.05, 3.63) is 131 Å². The van der Waals surface area contributed by atoms with E-state index in [4.69, 9.17) is 0 Å². The summed E-state index contributed by atoms with van der Waals surface area (Å²) in [5.41, 5.74) is 3.56. The highest BCUT2D eigenvalue weighted by Gasteiger charge is 2.36. The zero-order chi connectivity index (χ0) is 31.6. The van der Waals surface area contributed by atoms with E-state index in [1.165, 1.54) is 16.2 Å². The van der Waals surface area contributed by atoms with E-state index in [0.29, 0.717) is 18.7 Å². The molecule has 0 N–H and O–H groups in total. The molecule has 0 saturated heterocycles. The number of benzene rings is 3. The molecule has 2 heterocycles. The van der Waals surface area contributed by atoms with Crippen molar-refractivity contribution in [3.8, 4) is 18.2 Å². The maximum absolute atomic E-state index is 13.2. The molecule has 0 aliphatic carbocycles. The number of carbonyl (C=O) groups is 1. The number of azo groups is 1. The van der Waals surface area contributed by atoms with Crippen LogP contribution in [0.1, 0.15) is 25.3 Å². The van der Waals surface area contributed by atoms with E-state index >= 15 is 0 Å². The highest BCUT2D eigenvalue weighted by molar-refractivity contribution is 7.19. The van der Waals surface area contributed by atoms with Crippen LogP contribution in [0.15, 0.2) is 136 Å². The van der Waals surface area contributed by atoms with Gasteiger partial charge in [0.15, 0.2) is 5.57 Å². The molecule has 5 rings (SSSR count). The maximum Gasteiger partial charge on any atom is 0.259 e. The average molecular weight is 606 g/mol. The highest BCUT2D eigenvalue weighted by atomic mass is 32.1. The standard InChI is InChI=1S/C36H27N7OS/c1-2-3-22-42-35(27(23-37)24-38)32(25-39)31(36(42)44)19-16-26-14-17-28(18-15-26)40-41-33-20-21-34(45-33)43(29-10-6-4-7-11-29)30-12-8-5-9-13-30/h4-21H,2-3,22H2,1H3/b19-16+,41-40?. The van der Waals surface area contributed by atoms with Crippen molar-refractivity contribution in [2.24, 2.45) is 10.2 Å². The van der Waals surface area contributed by atoms with Crippen LogP contribution < -0.4 is 4.90 Å². The summed E-state index contributed by atoms with van der Waals surface area (Å²) in [6, 6.07) is 37.3. The van der Waals surface area contributed by atoms with Crippen molar-refractivity contribution < 1.29 is 4.79 Å². The summed E-state index contributed by atoms with van der Waals surface area (Å²) < 4.78 is 0. The second kappa shape index (κ2) is 14.4. The Morgan fingerprint density at radius 2 is 1.49 bits per heavy atom. The lowest BCUT2D eigenvalue weighted by molar-refractivity contribution is -0.124. The van der Waals surface area contributed by atoms with Crippen LogP contribution in [0.2, 0.25) is 0 Å². The predicted molar refractivity (Wildman–Crippen MR) is 176 cm³/mol. The molecule has 218 valence electrons. The number of hydrogen-bond donors (Lipinski definition) is 0. The van der Waals surface area contributed by atoms with Crippen LogP contribution >= 0.6 is 11.3 Å². The molecular formula is C36H27N7OS. The van der Waals surface area contributed by atoms with Crippen LogP contribution in [0, 0.1) is 34.0 Å². The molecule has 1 aromatic heterocycles. The third kappa shape index (κ3) is 6.78. The van der Waals surface area contributed by atoms with Gasteiger partial charge in [-0.3, -0.25) is 4.79 Å². The molecule has 0 unspecified atom stereocenters. The Balaban J connectivity index is 1.34. The maximum atomic E-state index is 13.2. The fraction of sp³-hybridized carbons (Fsp3) is 0.111. The van der Waals surface area contributed by atoms with Crippen molar-refractivity contribution in [3.63, 3.8) is 0 Å². The fourth-order valence-corrected chi connectivity index (χ4v) is 5.66. The summed E-state index contributed by atoms with van der Waals surface area (Å²) in [7, 11) is 0. The van der Waals surface area contributed by atoms with Gasteiger partial charge in [-0.1, -0.05) is 79.3 Å². The molecule has 1 aliphatic heterocycles. The summed E-state index contributed by atoms with van der Waals surface area (Å²) in [5, 5.41) is 39.4. The van der Waals surface area contributed by atoms with Crippen molar-refractivity contribution >= 4 is 50.4 Å². The first-order valence-corrected chi connectivity index (χ1v) is 15.1. The third-order valence-electron chi connectivity index (χ3n) is 6.99. The number of nitrogens with zero attached hydrogens (tertiary/aromatic N) is 7. The first kappa shape index (κ1) is 30.4. The van der Waals surface area contributed by atoms with Gasteiger partial charge in [-0.2, -0.15) is 15.8 Å². The molecule has 0 radical (unpaired) electrons. The van der Waals surface area contributed by atoms with Gasteiger partial charge in [-0.25, -0.2) is 0 Å². The van der Waals surface area contributed by atoms with E-state index in [1.54, 1.807) is 12.2 Å². The Labute approximate surface area is 266 Å². The summed E-state index contributed by atoms with van der Waals surface area (Å²) in [4.78, 5) is 16.8. The van der Waals surface area contributed by atoms with Crippen molar-refractivity contribution in [1.29, 1.82) is 15.8 Å². The Hall–Kier alpha value is -6.08. The minimum atomic E-state index is -0.395. The van der Waals surface area contributed by atoms with Crippen LogP contribution in [-0.2, 0) is 4.79 Å². The Kier molecular flexibility index (Phi) is 9.72. The SMILES string of the molecule is CCCCN1C(=O)C(/C=C/c2ccc(N=Nc3ccc(N(c4ccccc4)c4ccccc4)s3)cc2)=C(C#N)C1=C(C#N)C#N.